The fourth-order valence-corrected chi connectivity index (χ4v) is 2.89. The Morgan fingerprint density at radius 2 is 1.78 bits per heavy atom. The van der Waals surface area contributed by atoms with Gasteiger partial charge in [-0.3, -0.25) is 9.59 Å². The number of rotatable bonds is 4. The van der Waals surface area contributed by atoms with Gasteiger partial charge >= 0.3 is 12.1 Å². The second-order valence-corrected chi connectivity index (χ2v) is 6.26. The Morgan fingerprint density at radius 3 is 2.37 bits per heavy atom. The van der Waals surface area contributed by atoms with Crippen LogP contribution in [-0.4, -0.2) is 23.8 Å². The van der Waals surface area contributed by atoms with Gasteiger partial charge in [-0.05, 0) is 42.5 Å². The first-order valence-corrected chi connectivity index (χ1v) is 8.17. The van der Waals surface area contributed by atoms with E-state index in [9.17, 15) is 22.8 Å². The zero-order valence-corrected chi connectivity index (χ0v) is 14.7. The van der Waals surface area contributed by atoms with Crippen molar-refractivity contribution >= 4 is 34.3 Å². The number of alkyl halides is 3. The number of methoxy groups -OCH3 is 1. The number of fused-ring (bicyclic) bond motifs is 1. The van der Waals surface area contributed by atoms with Crippen LogP contribution in [0.25, 0.3) is 10.9 Å². The van der Waals surface area contributed by atoms with Crippen LogP contribution < -0.4 is 0 Å². The minimum absolute atomic E-state index is 0.0389. The monoisotopic (exact) mass is 395 g/mol. The van der Waals surface area contributed by atoms with Crippen LogP contribution in [0.2, 0.25) is 5.02 Å². The Balaban J connectivity index is 2.18. The highest BCUT2D eigenvalue weighted by Crippen LogP contribution is 2.34. The van der Waals surface area contributed by atoms with Crippen LogP contribution in [0.1, 0.15) is 27.2 Å². The van der Waals surface area contributed by atoms with Crippen molar-refractivity contribution in [2.45, 2.75) is 12.6 Å². The van der Waals surface area contributed by atoms with E-state index in [1.807, 2.05) is 0 Å². The number of H-pyrrole nitrogens is 1. The van der Waals surface area contributed by atoms with Crippen LogP contribution in [-0.2, 0) is 22.1 Å². The number of benzene rings is 2. The van der Waals surface area contributed by atoms with Crippen molar-refractivity contribution in [1.82, 2.24) is 4.98 Å². The molecule has 0 amide bonds. The number of ether oxygens (including phenoxy) is 1. The molecular formula is C19H13ClF3NO3. The van der Waals surface area contributed by atoms with Gasteiger partial charge in [0, 0.05) is 27.1 Å². The number of carbonyl (C=O) groups excluding carboxylic acids is 2. The van der Waals surface area contributed by atoms with E-state index < -0.39 is 23.5 Å². The van der Waals surface area contributed by atoms with Crippen LogP contribution in [0.15, 0.2) is 42.5 Å². The molecule has 4 nitrogen and oxygen atoms in total. The van der Waals surface area contributed by atoms with Crippen LogP contribution in [0.5, 0.6) is 0 Å². The average molecular weight is 396 g/mol. The normalized spacial score (nSPS) is 11.6. The Bertz CT molecular complexity index is 1020. The van der Waals surface area contributed by atoms with Gasteiger partial charge in [0.25, 0.3) is 0 Å². The maximum atomic E-state index is 13.1. The van der Waals surface area contributed by atoms with E-state index in [1.165, 1.54) is 37.4 Å². The summed E-state index contributed by atoms with van der Waals surface area (Å²) in [6.45, 7) is 0. The molecule has 0 aliphatic carbocycles. The van der Waals surface area contributed by atoms with Gasteiger partial charge in [-0.2, -0.15) is 13.2 Å². The number of aromatic amines is 1. The fraction of sp³-hybridized carbons (Fsp3) is 0.158. The zero-order chi connectivity index (χ0) is 19.8. The SMILES string of the molecule is COC(=O)Cc1c(C(=O)c2ccc(Cl)cc2)[nH]c2ccc(C(F)(F)F)cc12. The van der Waals surface area contributed by atoms with Gasteiger partial charge in [0.15, 0.2) is 0 Å². The van der Waals surface area contributed by atoms with Crippen LogP contribution in [0.4, 0.5) is 13.2 Å². The lowest BCUT2D eigenvalue weighted by Crippen LogP contribution is -2.10. The molecule has 3 rings (SSSR count). The van der Waals surface area contributed by atoms with E-state index in [2.05, 4.69) is 9.72 Å². The maximum Gasteiger partial charge on any atom is 0.416 e. The van der Waals surface area contributed by atoms with Gasteiger partial charge in [0.2, 0.25) is 5.78 Å². The highest BCUT2D eigenvalue weighted by Gasteiger charge is 2.31. The molecule has 0 aliphatic heterocycles. The van der Waals surface area contributed by atoms with E-state index in [-0.39, 0.29) is 28.6 Å². The van der Waals surface area contributed by atoms with Crippen molar-refractivity contribution in [3.63, 3.8) is 0 Å². The molecule has 8 heteroatoms. The quantitative estimate of drug-likeness (QED) is 0.510. The molecule has 2 aromatic carbocycles. The topological polar surface area (TPSA) is 59.2 Å². The minimum atomic E-state index is -4.55. The third kappa shape index (κ3) is 3.83. The molecule has 0 aliphatic rings. The van der Waals surface area contributed by atoms with Crippen molar-refractivity contribution in [1.29, 1.82) is 0 Å². The van der Waals surface area contributed by atoms with E-state index in [1.54, 1.807) is 0 Å². The molecule has 27 heavy (non-hydrogen) atoms. The van der Waals surface area contributed by atoms with E-state index in [0.29, 0.717) is 10.5 Å². The predicted octanol–water partition coefficient (Wildman–Crippen LogP) is 4.79. The lowest BCUT2D eigenvalue weighted by atomic mass is 10.0. The van der Waals surface area contributed by atoms with Gasteiger partial charge in [-0.15, -0.1) is 0 Å². The lowest BCUT2D eigenvalue weighted by molar-refractivity contribution is -0.139. The summed E-state index contributed by atoms with van der Waals surface area (Å²) in [6.07, 6.45) is -4.89. The molecular weight excluding hydrogens is 383 g/mol. The summed E-state index contributed by atoms with van der Waals surface area (Å²) < 4.78 is 43.8. The molecule has 0 saturated heterocycles. The number of hydrogen-bond acceptors (Lipinski definition) is 3. The number of hydrogen-bond donors (Lipinski definition) is 1. The van der Waals surface area contributed by atoms with E-state index in [0.717, 1.165) is 12.1 Å². The summed E-state index contributed by atoms with van der Waals surface area (Å²) >= 11 is 5.82. The van der Waals surface area contributed by atoms with Gasteiger partial charge in [0.1, 0.15) is 0 Å². The molecule has 0 spiro atoms. The molecule has 0 atom stereocenters. The first-order chi connectivity index (χ1) is 12.7. The molecule has 1 aromatic heterocycles. The van der Waals surface area contributed by atoms with Crippen molar-refractivity contribution < 1.29 is 27.5 Å². The Morgan fingerprint density at radius 1 is 1.11 bits per heavy atom. The molecule has 0 fully saturated rings. The zero-order valence-electron chi connectivity index (χ0n) is 14.0. The molecule has 140 valence electrons. The highest BCUT2D eigenvalue weighted by atomic mass is 35.5. The number of ketones is 1. The van der Waals surface area contributed by atoms with Gasteiger partial charge in [-0.25, -0.2) is 0 Å². The summed E-state index contributed by atoms with van der Waals surface area (Å²) in [5.74, 6) is -1.13. The number of halogens is 4. The summed E-state index contributed by atoms with van der Waals surface area (Å²) in [7, 11) is 1.17. The third-order valence-corrected chi connectivity index (χ3v) is 4.37. The second kappa shape index (κ2) is 7.08. The van der Waals surface area contributed by atoms with E-state index in [4.69, 9.17) is 11.6 Å². The predicted molar refractivity (Wildman–Crippen MR) is 93.9 cm³/mol. The van der Waals surface area contributed by atoms with Crippen molar-refractivity contribution in [3.8, 4) is 0 Å². The molecule has 0 saturated carbocycles. The standard InChI is InChI=1S/C19H13ClF3NO3/c1-27-16(25)9-14-13-8-11(19(21,22)23)4-7-15(13)24-17(14)18(26)10-2-5-12(20)6-3-10/h2-8,24H,9H2,1H3. The fourth-order valence-electron chi connectivity index (χ4n) is 2.76. The maximum absolute atomic E-state index is 13.1. The Labute approximate surface area is 156 Å². The average Bonchev–Trinajstić information content (AvgIpc) is 2.98. The van der Waals surface area contributed by atoms with Crippen LogP contribution >= 0.6 is 11.6 Å². The minimum Gasteiger partial charge on any atom is -0.469 e. The molecule has 1 heterocycles. The molecule has 0 radical (unpaired) electrons. The number of carbonyl (C=O) groups is 2. The molecule has 0 bridgehead atoms. The third-order valence-electron chi connectivity index (χ3n) is 4.12. The summed E-state index contributed by atoms with van der Waals surface area (Å²) in [6, 6.07) is 9.12. The summed E-state index contributed by atoms with van der Waals surface area (Å²) in [4.78, 5) is 27.5. The van der Waals surface area contributed by atoms with Crippen molar-refractivity contribution in [2.75, 3.05) is 7.11 Å². The number of esters is 1. The Hall–Kier alpha value is -2.80. The molecule has 0 unspecified atom stereocenters. The van der Waals surface area contributed by atoms with Crippen molar-refractivity contribution in [2.24, 2.45) is 0 Å². The summed E-state index contributed by atoms with van der Waals surface area (Å²) in [5.41, 5.74) is -0.0714. The number of nitrogens with one attached hydrogen (secondary N) is 1. The first-order valence-electron chi connectivity index (χ1n) is 7.79. The largest absolute Gasteiger partial charge is 0.469 e. The first kappa shape index (κ1) is 19.0. The van der Waals surface area contributed by atoms with Crippen LogP contribution in [0.3, 0.4) is 0 Å². The highest BCUT2D eigenvalue weighted by molar-refractivity contribution is 6.30. The van der Waals surface area contributed by atoms with Gasteiger partial charge < -0.3 is 9.72 Å². The Kier molecular flexibility index (Phi) is 4.97. The molecule has 3 aromatic rings. The van der Waals surface area contributed by atoms with Gasteiger partial charge in [-0.1, -0.05) is 11.6 Å². The summed E-state index contributed by atoms with van der Waals surface area (Å²) in [5, 5.41) is 0.584. The van der Waals surface area contributed by atoms with Gasteiger partial charge in [0.05, 0.1) is 24.8 Å². The number of aromatic nitrogens is 1. The smallest absolute Gasteiger partial charge is 0.416 e. The second-order valence-electron chi connectivity index (χ2n) is 5.83. The van der Waals surface area contributed by atoms with Crippen molar-refractivity contribution in [3.05, 3.63) is 69.9 Å². The van der Waals surface area contributed by atoms with Crippen LogP contribution in [0, 0.1) is 0 Å². The van der Waals surface area contributed by atoms with E-state index >= 15 is 0 Å². The lowest BCUT2D eigenvalue weighted by Gasteiger charge is -2.07. The molecule has 1 N–H and O–H groups in total.